The number of imide groups is 1. The third-order valence-electron chi connectivity index (χ3n) is 4.91. The van der Waals surface area contributed by atoms with Crippen LogP contribution < -0.4 is 10.2 Å². The molecule has 1 heterocycles. The second-order valence-electron chi connectivity index (χ2n) is 7.36. The number of carbonyl (C=O) groups excluding carboxylic acids is 2. The van der Waals surface area contributed by atoms with Crippen molar-refractivity contribution in [2.75, 3.05) is 10.2 Å². The Hall–Kier alpha value is -3.30. The predicted octanol–water partition coefficient (Wildman–Crippen LogP) is 6.80. The van der Waals surface area contributed by atoms with Gasteiger partial charge in [0.1, 0.15) is 16.4 Å². The summed E-state index contributed by atoms with van der Waals surface area (Å²) in [5.74, 6) is -2.22. The molecule has 3 aromatic carbocycles. The van der Waals surface area contributed by atoms with Gasteiger partial charge in [0.25, 0.3) is 11.8 Å². The van der Waals surface area contributed by atoms with Gasteiger partial charge in [-0.2, -0.15) is 13.2 Å². The highest BCUT2D eigenvalue weighted by Gasteiger charge is 2.42. The molecule has 0 spiro atoms. The Labute approximate surface area is 201 Å². The van der Waals surface area contributed by atoms with Crippen molar-refractivity contribution in [2.45, 2.75) is 18.0 Å². The lowest BCUT2D eigenvalue weighted by atomic mass is 10.2. The number of nitrogens with one attached hydrogen (secondary N) is 1. The van der Waals surface area contributed by atoms with Crippen LogP contribution in [0.1, 0.15) is 11.1 Å². The number of alkyl halides is 3. The third kappa shape index (κ3) is 4.80. The van der Waals surface area contributed by atoms with Crippen LogP contribution in [0.25, 0.3) is 0 Å². The number of carbonyl (C=O) groups is 2. The summed E-state index contributed by atoms with van der Waals surface area (Å²) in [5.41, 5.74) is -0.300. The van der Waals surface area contributed by atoms with E-state index in [1.54, 1.807) is 12.1 Å². The molecule has 1 aliphatic heterocycles. The molecule has 4 nitrogen and oxygen atoms in total. The summed E-state index contributed by atoms with van der Waals surface area (Å²) in [6.07, 6.45) is -4.70. The molecule has 0 atom stereocenters. The number of benzene rings is 3. The average molecular weight is 507 g/mol. The monoisotopic (exact) mass is 506 g/mol. The topological polar surface area (TPSA) is 49.4 Å². The van der Waals surface area contributed by atoms with Crippen LogP contribution >= 0.6 is 23.4 Å². The maximum absolute atomic E-state index is 13.3. The first-order valence-electron chi connectivity index (χ1n) is 9.81. The van der Waals surface area contributed by atoms with E-state index in [1.807, 2.05) is 19.1 Å². The fraction of sp³-hybridized carbons (Fsp3) is 0.0833. The lowest BCUT2D eigenvalue weighted by molar-refractivity contribution is -0.137. The minimum Gasteiger partial charge on any atom is -0.350 e. The molecular formula is C24H15ClF4N2O2S. The molecule has 0 saturated heterocycles. The Kier molecular flexibility index (Phi) is 6.42. The average Bonchev–Trinajstić information content (AvgIpc) is 3.00. The number of nitrogens with zero attached hydrogens (tertiary/aromatic N) is 1. The molecule has 174 valence electrons. The fourth-order valence-corrected chi connectivity index (χ4v) is 4.32. The minimum atomic E-state index is -4.70. The SMILES string of the molecule is Cc1ccc(SC2=C(Nc3ccc(F)cc3)C(=O)N(c3cc(C(F)(F)F)ccc3Cl)C2=O)cc1. The molecule has 0 aromatic heterocycles. The normalized spacial score (nSPS) is 14.2. The summed E-state index contributed by atoms with van der Waals surface area (Å²) >= 11 is 7.09. The lowest BCUT2D eigenvalue weighted by Crippen LogP contribution is -2.33. The molecule has 0 unspecified atom stereocenters. The van der Waals surface area contributed by atoms with Crippen LogP contribution in [0.2, 0.25) is 5.02 Å². The van der Waals surface area contributed by atoms with Gasteiger partial charge in [0.05, 0.1) is 16.3 Å². The van der Waals surface area contributed by atoms with Crippen LogP contribution in [0.5, 0.6) is 0 Å². The Morgan fingerprint density at radius 3 is 2.18 bits per heavy atom. The second-order valence-corrected chi connectivity index (χ2v) is 8.85. The van der Waals surface area contributed by atoms with Crippen molar-refractivity contribution in [1.29, 1.82) is 0 Å². The smallest absolute Gasteiger partial charge is 0.350 e. The van der Waals surface area contributed by atoms with E-state index in [-0.39, 0.29) is 21.3 Å². The first-order chi connectivity index (χ1) is 16.0. The number of aryl methyl sites for hydroxylation is 1. The maximum atomic E-state index is 13.3. The number of hydrogen-bond donors (Lipinski definition) is 1. The van der Waals surface area contributed by atoms with Gasteiger partial charge in [-0.05, 0) is 61.5 Å². The minimum absolute atomic E-state index is 0.0355. The van der Waals surface area contributed by atoms with Gasteiger partial charge in [0, 0.05) is 10.6 Å². The van der Waals surface area contributed by atoms with E-state index in [4.69, 9.17) is 11.6 Å². The number of amides is 2. The summed E-state index contributed by atoms with van der Waals surface area (Å²) in [4.78, 5) is 27.9. The van der Waals surface area contributed by atoms with Crippen molar-refractivity contribution in [3.63, 3.8) is 0 Å². The first-order valence-corrected chi connectivity index (χ1v) is 11.0. The summed E-state index contributed by atoms with van der Waals surface area (Å²) in [6, 6.07) is 14.6. The Morgan fingerprint density at radius 2 is 1.56 bits per heavy atom. The summed E-state index contributed by atoms with van der Waals surface area (Å²) in [7, 11) is 0. The summed E-state index contributed by atoms with van der Waals surface area (Å²) < 4.78 is 53.2. The molecule has 1 aliphatic rings. The van der Waals surface area contributed by atoms with Crippen LogP contribution in [0, 0.1) is 12.7 Å². The number of hydrogen-bond acceptors (Lipinski definition) is 4. The van der Waals surface area contributed by atoms with Crippen molar-refractivity contribution in [3.05, 3.63) is 99.3 Å². The fourth-order valence-electron chi connectivity index (χ4n) is 3.20. The lowest BCUT2D eigenvalue weighted by Gasteiger charge is -2.18. The number of thioether (sulfide) groups is 1. The Morgan fingerprint density at radius 1 is 0.912 bits per heavy atom. The van der Waals surface area contributed by atoms with E-state index in [9.17, 15) is 27.2 Å². The van der Waals surface area contributed by atoms with Gasteiger partial charge in [0.15, 0.2) is 0 Å². The summed E-state index contributed by atoms with van der Waals surface area (Å²) in [5, 5.41) is 2.61. The molecule has 0 aliphatic carbocycles. The standard InChI is InChI=1S/C24H15ClF4N2O2S/c1-13-2-9-17(10-3-13)34-21-20(30-16-7-5-15(26)6-8-16)22(32)31(23(21)33)19-12-14(24(27,28)29)4-11-18(19)25/h2-12,30H,1H3. The van der Waals surface area contributed by atoms with Crippen molar-refractivity contribution in [3.8, 4) is 0 Å². The molecule has 0 bridgehead atoms. The zero-order valence-corrected chi connectivity index (χ0v) is 19.0. The van der Waals surface area contributed by atoms with E-state index in [1.165, 1.54) is 24.3 Å². The highest BCUT2D eigenvalue weighted by Crippen LogP contribution is 2.42. The number of rotatable bonds is 5. The van der Waals surface area contributed by atoms with Crippen LogP contribution in [-0.2, 0) is 15.8 Å². The zero-order chi connectivity index (χ0) is 24.6. The van der Waals surface area contributed by atoms with Crippen molar-refractivity contribution >= 4 is 46.6 Å². The van der Waals surface area contributed by atoms with Gasteiger partial charge in [-0.15, -0.1) is 0 Å². The van der Waals surface area contributed by atoms with E-state index in [0.29, 0.717) is 21.5 Å². The van der Waals surface area contributed by atoms with Gasteiger partial charge in [-0.1, -0.05) is 41.1 Å². The Balaban J connectivity index is 1.78. The number of halogens is 5. The zero-order valence-electron chi connectivity index (χ0n) is 17.4. The predicted molar refractivity (Wildman–Crippen MR) is 123 cm³/mol. The van der Waals surface area contributed by atoms with Crippen molar-refractivity contribution < 1.29 is 27.2 Å². The largest absolute Gasteiger partial charge is 0.416 e. The van der Waals surface area contributed by atoms with Crippen LogP contribution in [-0.4, -0.2) is 11.8 Å². The molecule has 0 fully saturated rings. The van der Waals surface area contributed by atoms with Crippen LogP contribution in [0.15, 0.2) is 82.2 Å². The summed E-state index contributed by atoms with van der Waals surface area (Å²) in [6.45, 7) is 1.89. The van der Waals surface area contributed by atoms with E-state index in [2.05, 4.69) is 5.32 Å². The molecule has 4 rings (SSSR count). The highest BCUT2D eigenvalue weighted by atomic mass is 35.5. The maximum Gasteiger partial charge on any atom is 0.416 e. The van der Waals surface area contributed by atoms with E-state index in [0.717, 1.165) is 29.5 Å². The van der Waals surface area contributed by atoms with Gasteiger partial charge in [-0.25, -0.2) is 9.29 Å². The van der Waals surface area contributed by atoms with Gasteiger partial charge in [-0.3, -0.25) is 9.59 Å². The van der Waals surface area contributed by atoms with Crippen molar-refractivity contribution in [2.24, 2.45) is 0 Å². The molecule has 10 heteroatoms. The van der Waals surface area contributed by atoms with Crippen molar-refractivity contribution in [1.82, 2.24) is 0 Å². The van der Waals surface area contributed by atoms with Crippen LogP contribution in [0.4, 0.5) is 28.9 Å². The third-order valence-corrected chi connectivity index (χ3v) is 6.32. The highest BCUT2D eigenvalue weighted by molar-refractivity contribution is 8.04. The van der Waals surface area contributed by atoms with E-state index < -0.39 is 29.4 Å². The molecule has 1 N–H and O–H groups in total. The second kappa shape index (κ2) is 9.15. The molecule has 0 saturated carbocycles. The van der Waals surface area contributed by atoms with Gasteiger partial charge < -0.3 is 5.32 Å². The molecule has 34 heavy (non-hydrogen) atoms. The molecule has 2 amide bonds. The molecular weight excluding hydrogens is 492 g/mol. The van der Waals surface area contributed by atoms with Gasteiger partial charge in [0.2, 0.25) is 0 Å². The molecule has 3 aromatic rings. The first kappa shape index (κ1) is 23.8. The quantitative estimate of drug-likeness (QED) is 0.305. The molecule has 0 radical (unpaired) electrons. The van der Waals surface area contributed by atoms with Gasteiger partial charge >= 0.3 is 6.18 Å². The Bertz CT molecular complexity index is 1240. The number of anilines is 2. The van der Waals surface area contributed by atoms with E-state index >= 15 is 0 Å². The van der Waals surface area contributed by atoms with Crippen LogP contribution in [0.3, 0.4) is 0 Å².